The number of nitrogens with one attached hydrogen (secondary N) is 1. The fourth-order valence-electron chi connectivity index (χ4n) is 2.00. The van der Waals surface area contributed by atoms with Crippen LogP contribution in [-0.2, 0) is 9.53 Å². The van der Waals surface area contributed by atoms with Crippen LogP contribution in [0, 0.1) is 0 Å². The maximum Gasteiger partial charge on any atom is 0.236 e. The first-order chi connectivity index (χ1) is 9.97. The van der Waals surface area contributed by atoms with Gasteiger partial charge in [0, 0.05) is 26.7 Å². The SMILES string of the molecule is COCCNCC(=O)N(CCCN(C)C)CCCN(C)C. The van der Waals surface area contributed by atoms with Crippen LogP contribution < -0.4 is 5.32 Å². The molecule has 0 aliphatic rings. The van der Waals surface area contributed by atoms with E-state index in [1.165, 1.54) is 0 Å². The number of amides is 1. The van der Waals surface area contributed by atoms with Crippen molar-refractivity contribution in [1.29, 1.82) is 0 Å². The molecule has 126 valence electrons. The van der Waals surface area contributed by atoms with Gasteiger partial charge in [-0.15, -0.1) is 0 Å². The lowest BCUT2D eigenvalue weighted by molar-refractivity contribution is -0.130. The Hall–Kier alpha value is -0.690. The molecule has 0 unspecified atom stereocenters. The van der Waals surface area contributed by atoms with Crippen molar-refractivity contribution in [3.05, 3.63) is 0 Å². The fraction of sp³-hybridized carbons (Fsp3) is 0.933. The molecule has 0 saturated carbocycles. The predicted octanol–water partition coefficient (Wildman–Crippen LogP) is -0.0456. The van der Waals surface area contributed by atoms with Crippen molar-refractivity contribution in [1.82, 2.24) is 20.0 Å². The summed E-state index contributed by atoms with van der Waals surface area (Å²) in [5.74, 6) is 0.184. The molecule has 0 bridgehead atoms. The molecule has 1 amide bonds. The van der Waals surface area contributed by atoms with E-state index in [0.717, 1.165) is 39.0 Å². The average Bonchev–Trinajstić information content (AvgIpc) is 2.41. The molecule has 0 aromatic heterocycles. The van der Waals surface area contributed by atoms with Crippen LogP contribution in [0.1, 0.15) is 12.8 Å². The summed E-state index contributed by atoms with van der Waals surface area (Å²) in [6.45, 7) is 5.42. The van der Waals surface area contributed by atoms with E-state index < -0.39 is 0 Å². The van der Waals surface area contributed by atoms with Gasteiger partial charge >= 0.3 is 0 Å². The molecule has 0 aromatic rings. The Kier molecular flexibility index (Phi) is 12.6. The first-order valence-corrected chi connectivity index (χ1v) is 7.74. The molecule has 1 N–H and O–H groups in total. The second kappa shape index (κ2) is 13.0. The summed E-state index contributed by atoms with van der Waals surface area (Å²) in [6, 6.07) is 0. The third-order valence-corrected chi connectivity index (χ3v) is 3.18. The molecule has 0 heterocycles. The summed E-state index contributed by atoms with van der Waals surface area (Å²) in [5, 5.41) is 3.13. The van der Waals surface area contributed by atoms with Crippen molar-refractivity contribution >= 4 is 5.91 Å². The first kappa shape index (κ1) is 20.3. The highest BCUT2D eigenvalue weighted by atomic mass is 16.5. The molecule has 0 aliphatic heterocycles. The summed E-state index contributed by atoms with van der Waals surface area (Å²) in [4.78, 5) is 18.5. The Bertz CT molecular complexity index is 246. The number of nitrogens with zero attached hydrogens (tertiary/aromatic N) is 3. The van der Waals surface area contributed by atoms with Crippen LogP contribution in [0.4, 0.5) is 0 Å². The minimum Gasteiger partial charge on any atom is -0.383 e. The van der Waals surface area contributed by atoms with E-state index in [0.29, 0.717) is 19.7 Å². The molecule has 0 atom stereocenters. The minimum atomic E-state index is 0.184. The first-order valence-electron chi connectivity index (χ1n) is 7.74. The molecular formula is C15H34N4O2. The molecule has 0 saturated heterocycles. The Labute approximate surface area is 130 Å². The van der Waals surface area contributed by atoms with E-state index in [1.54, 1.807) is 7.11 Å². The monoisotopic (exact) mass is 302 g/mol. The van der Waals surface area contributed by atoms with Crippen LogP contribution in [0.5, 0.6) is 0 Å². The standard InChI is InChI=1S/C15H34N4O2/c1-17(2)9-6-11-19(12-7-10-18(3)4)15(20)14-16-8-13-21-5/h16H,6-14H2,1-5H3. The summed E-state index contributed by atoms with van der Waals surface area (Å²) in [5.41, 5.74) is 0. The molecule has 6 heteroatoms. The number of ether oxygens (including phenoxy) is 1. The van der Waals surface area contributed by atoms with Crippen LogP contribution in [0.15, 0.2) is 0 Å². The van der Waals surface area contributed by atoms with Gasteiger partial charge in [-0.1, -0.05) is 0 Å². The zero-order valence-corrected chi connectivity index (χ0v) is 14.5. The highest BCUT2D eigenvalue weighted by Crippen LogP contribution is 1.97. The minimum absolute atomic E-state index is 0.184. The number of carbonyl (C=O) groups is 1. The molecular weight excluding hydrogens is 268 g/mol. The van der Waals surface area contributed by atoms with Gasteiger partial charge < -0.3 is 24.8 Å². The Morgan fingerprint density at radius 2 is 1.48 bits per heavy atom. The van der Waals surface area contributed by atoms with Crippen molar-refractivity contribution < 1.29 is 9.53 Å². The topological polar surface area (TPSA) is 48.1 Å². The highest BCUT2D eigenvalue weighted by molar-refractivity contribution is 5.78. The second-order valence-electron chi connectivity index (χ2n) is 5.86. The zero-order valence-electron chi connectivity index (χ0n) is 14.5. The second-order valence-corrected chi connectivity index (χ2v) is 5.86. The predicted molar refractivity (Wildman–Crippen MR) is 87.7 cm³/mol. The molecule has 0 rings (SSSR count). The van der Waals surface area contributed by atoms with Gasteiger partial charge in [0.15, 0.2) is 0 Å². The van der Waals surface area contributed by atoms with E-state index in [4.69, 9.17) is 4.74 Å². The maximum atomic E-state index is 12.3. The lowest BCUT2D eigenvalue weighted by atomic mass is 10.3. The third-order valence-electron chi connectivity index (χ3n) is 3.18. The Balaban J connectivity index is 4.10. The lowest BCUT2D eigenvalue weighted by Gasteiger charge is -2.24. The van der Waals surface area contributed by atoms with Crippen molar-refractivity contribution in [3.8, 4) is 0 Å². The molecule has 6 nitrogen and oxygen atoms in total. The lowest BCUT2D eigenvalue weighted by Crippen LogP contribution is -2.41. The number of hydrogen-bond donors (Lipinski definition) is 1. The summed E-state index contributed by atoms with van der Waals surface area (Å²) in [7, 11) is 9.91. The van der Waals surface area contributed by atoms with E-state index in [9.17, 15) is 4.79 Å². The van der Waals surface area contributed by atoms with E-state index in [1.807, 2.05) is 4.90 Å². The van der Waals surface area contributed by atoms with Crippen molar-refractivity contribution in [2.75, 3.05) is 81.2 Å². The van der Waals surface area contributed by atoms with Crippen LogP contribution >= 0.6 is 0 Å². The van der Waals surface area contributed by atoms with Gasteiger partial charge in [-0.3, -0.25) is 4.79 Å². The molecule has 0 aromatic carbocycles. The quantitative estimate of drug-likeness (QED) is 0.484. The van der Waals surface area contributed by atoms with Crippen LogP contribution in [-0.4, -0.2) is 102 Å². The summed E-state index contributed by atoms with van der Waals surface area (Å²) >= 11 is 0. The van der Waals surface area contributed by atoms with Gasteiger partial charge in [0.2, 0.25) is 5.91 Å². The van der Waals surface area contributed by atoms with Gasteiger partial charge in [0.05, 0.1) is 13.2 Å². The summed E-state index contributed by atoms with van der Waals surface area (Å²) in [6.07, 6.45) is 2.03. The van der Waals surface area contributed by atoms with Gasteiger partial charge in [0.1, 0.15) is 0 Å². The van der Waals surface area contributed by atoms with Crippen LogP contribution in [0.25, 0.3) is 0 Å². The van der Waals surface area contributed by atoms with E-state index in [2.05, 4.69) is 43.3 Å². The van der Waals surface area contributed by atoms with Gasteiger partial charge in [-0.2, -0.15) is 0 Å². The molecule has 0 fully saturated rings. The fourth-order valence-corrected chi connectivity index (χ4v) is 2.00. The van der Waals surface area contributed by atoms with Crippen molar-refractivity contribution in [3.63, 3.8) is 0 Å². The Morgan fingerprint density at radius 1 is 0.952 bits per heavy atom. The summed E-state index contributed by atoms with van der Waals surface area (Å²) < 4.78 is 4.97. The van der Waals surface area contributed by atoms with Gasteiger partial charge in [-0.05, 0) is 54.1 Å². The van der Waals surface area contributed by atoms with Gasteiger partial charge in [0.25, 0.3) is 0 Å². The van der Waals surface area contributed by atoms with Crippen LogP contribution in [0.3, 0.4) is 0 Å². The number of methoxy groups -OCH3 is 1. The largest absolute Gasteiger partial charge is 0.383 e. The maximum absolute atomic E-state index is 12.3. The molecule has 21 heavy (non-hydrogen) atoms. The molecule has 0 spiro atoms. The molecule has 0 radical (unpaired) electrons. The third kappa shape index (κ3) is 12.7. The number of carbonyl (C=O) groups excluding carboxylic acids is 1. The van der Waals surface area contributed by atoms with Crippen molar-refractivity contribution in [2.24, 2.45) is 0 Å². The van der Waals surface area contributed by atoms with E-state index in [-0.39, 0.29) is 5.91 Å². The van der Waals surface area contributed by atoms with Crippen LogP contribution in [0.2, 0.25) is 0 Å². The molecule has 0 aliphatic carbocycles. The van der Waals surface area contributed by atoms with Crippen molar-refractivity contribution in [2.45, 2.75) is 12.8 Å². The smallest absolute Gasteiger partial charge is 0.236 e. The van der Waals surface area contributed by atoms with E-state index >= 15 is 0 Å². The number of hydrogen-bond acceptors (Lipinski definition) is 5. The zero-order chi connectivity index (χ0) is 16.1. The Morgan fingerprint density at radius 3 is 1.90 bits per heavy atom. The van der Waals surface area contributed by atoms with Gasteiger partial charge in [-0.25, -0.2) is 0 Å². The number of rotatable bonds is 13. The average molecular weight is 302 g/mol. The highest BCUT2D eigenvalue weighted by Gasteiger charge is 2.12. The normalized spacial score (nSPS) is 11.4.